The van der Waals surface area contributed by atoms with Crippen molar-refractivity contribution in [3.8, 4) is 45.3 Å². The minimum Gasteiger partial charge on any atom is -0.455 e. The quantitative estimate of drug-likeness (QED) is 0.196. The van der Waals surface area contributed by atoms with E-state index >= 15 is 0 Å². The molecule has 2 heterocycles. The van der Waals surface area contributed by atoms with Crippen LogP contribution in [0.2, 0.25) is 0 Å². The van der Waals surface area contributed by atoms with Gasteiger partial charge in [-0.25, -0.2) is 15.0 Å². The molecule has 210 valence electrons. The highest BCUT2D eigenvalue weighted by Gasteiger charge is 2.22. The molecular weight excluding hydrogens is 550 g/mol. The molecule has 9 aromatic rings. The number of fused-ring (bicyclic) bond motifs is 7. The molecule has 0 aliphatic heterocycles. The Morgan fingerprint density at radius 1 is 0.378 bits per heavy atom. The van der Waals surface area contributed by atoms with Crippen LogP contribution >= 0.6 is 0 Å². The molecule has 2 aromatic heterocycles. The van der Waals surface area contributed by atoms with E-state index in [1.165, 1.54) is 0 Å². The summed E-state index contributed by atoms with van der Waals surface area (Å²) in [7, 11) is 0. The predicted octanol–water partition coefficient (Wildman–Crippen LogP) is 10.7. The van der Waals surface area contributed by atoms with E-state index in [-0.39, 0.29) is 0 Å². The van der Waals surface area contributed by atoms with Crippen LogP contribution in [0.5, 0.6) is 0 Å². The third-order valence-corrected chi connectivity index (χ3v) is 8.49. The van der Waals surface area contributed by atoms with Gasteiger partial charge >= 0.3 is 0 Å². The van der Waals surface area contributed by atoms with Gasteiger partial charge in [-0.3, -0.25) is 0 Å². The minimum atomic E-state index is 0.629. The number of aromatic nitrogens is 3. The standard InChI is InChI=1S/C41H25N3O/c1-4-14-26(15-5-1)32-25-33-34(41-43-39(27-16-6-2-7-17-27)42-40(44-41)28-18-8-3-9-19-28)24-29-20-10-11-21-30(29)36(33)37-31-22-12-13-23-35(31)45-38(32)37/h1-25H. The monoisotopic (exact) mass is 575 g/mol. The third-order valence-electron chi connectivity index (χ3n) is 8.49. The average molecular weight is 576 g/mol. The average Bonchev–Trinajstić information content (AvgIpc) is 3.51. The molecule has 0 N–H and O–H groups in total. The van der Waals surface area contributed by atoms with Crippen LogP contribution in [-0.2, 0) is 0 Å². The van der Waals surface area contributed by atoms with E-state index in [9.17, 15) is 0 Å². The molecule has 0 saturated carbocycles. The highest BCUT2D eigenvalue weighted by molar-refractivity contribution is 6.31. The lowest BCUT2D eigenvalue weighted by molar-refractivity contribution is 0.670. The van der Waals surface area contributed by atoms with Gasteiger partial charge in [-0.05, 0) is 39.9 Å². The fourth-order valence-corrected chi connectivity index (χ4v) is 6.42. The van der Waals surface area contributed by atoms with Gasteiger partial charge in [-0.1, -0.05) is 133 Å². The zero-order valence-electron chi connectivity index (χ0n) is 24.2. The van der Waals surface area contributed by atoms with Crippen LogP contribution in [0.25, 0.3) is 88.8 Å². The van der Waals surface area contributed by atoms with E-state index < -0.39 is 0 Å². The molecule has 0 aliphatic carbocycles. The first-order valence-corrected chi connectivity index (χ1v) is 15.0. The molecule has 0 aliphatic rings. The Labute approximate surface area is 259 Å². The SMILES string of the molecule is c1ccc(-c2nc(-c3ccccc3)nc(-c3cc4ccccc4c4c3cc(-c3ccccc3)c3oc5ccccc5c34)n2)cc1. The Hall–Kier alpha value is -6.13. The lowest BCUT2D eigenvalue weighted by atomic mass is 9.90. The molecule has 0 spiro atoms. The van der Waals surface area contributed by atoms with Crippen LogP contribution in [-0.4, -0.2) is 15.0 Å². The summed E-state index contributed by atoms with van der Waals surface area (Å²) >= 11 is 0. The zero-order valence-corrected chi connectivity index (χ0v) is 24.2. The second-order valence-electron chi connectivity index (χ2n) is 11.2. The lowest BCUT2D eigenvalue weighted by Crippen LogP contribution is -2.01. The van der Waals surface area contributed by atoms with Crippen molar-refractivity contribution in [2.75, 3.05) is 0 Å². The van der Waals surface area contributed by atoms with Crippen molar-refractivity contribution >= 4 is 43.5 Å². The second kappa shape index (κ2) is 10.2. The van der Waals surface area contributed by atoms with E-state index in [1.807, 2.05) is 78.9 Å². The van der Waals surface area contributed by atoms with Gasteiger partial charge in [-0.2, -0.15) is 0 Å². The molecule has 4 heteroatoms. The maximum Gasteiger partial charge on any atom is 0.164 e. The molecule has 4 nitrogen and oxygen atoms in total. The summed E-state index contributed by atoms with van der Waals surface area (Å²) in [5.74, 6) is 1.90. The molecule has 0 radical (unpaired) electrons. The van der Waals surface area contributed by atoms with Crippen molar-refractivity contribution in [2.45, 2.75) is 0 Å². The van der Waals surface area contributed by atoms with Gasteiger partial charge in [0.1, 0.15) is 11.2 Å². The molecule has 0 atom stereocenters. The molecule has 0 amide bonds. The number of furan rings is 1. The van der Waals surface area contributed by atoms with Crippen molar-refractivity contribution in [3.63, 3.8) is 0 Å². The Morgan fingerprint density at radius 3 is 1.58 bits per heavy atom. The number of benzene rings is 7. The van der Waals surface area contributed by atoms with Crippen LogP contribution in [0, 0.1) is 0 Å². The van der Waals surface area contributed by atoms with E-state index in [0.29, 0.717) is 17.5 Å². The van der Waals surface area contributed by atoms with Crippen molar-refractivity contribution in [1.82, 2.24) is 15.0 Å². The van der Waals surface area contributed by atoms with Gasteiger partial charge in [-0.15, -0.1) is 0 Å². The van der Waals surface area contributed by atoms with Gasteiger partial charge in [0.2, 0.25) is 0 Å². The molecule has 0 bridgehead atoms. The number of rotatable bonds is 4. The van der Waals surface area contributed by atoms with Crippen molar-refractivity contribution in [3.05, 3.63) is 152 Å². The zero-order chi connectivity index (χ0) is 29.7. The Morgan fingerprint density at radius 2 is 0.911 bits per heavy atom. The molecule has 0 saturated heterocycles. The maximum absolute atomic E-state index is 6.65. The number of hydrogen-bond donors (Lipinski definition) is 0. The van der Waals surface area contributed by atoms with E-state index in [2.05, 4.69) is 72.8 Å². The largest absolute Gasteiger partial charge is 0.455 e. The molecule has 9 rings (SSSR count). The van der Waals surface area contributed by atoms with E-state index in [4.69, 9.17) is 19.4 Å². The van der Waals surface area contributed by atoms with Crippen LogP contribution in [0.15, 0.2) is 156 Å². The molecular formula is C41H25N3O. The fraction of sp³-hybridized carbons (Fsp3) is 0. The highest BCUT2D eigenvalue weighted by atomic mass is 16.3. The van der Waals surface area contributed by atoms with Crippen LogP contribution in [0.3, 0.4) is 0 Å². The smallest absolute Gasteiger partial charge is 0.164 e. The summed E-state index contributed by atoms with van der Waals surface area (Å²) < 4.78 is 6.65. The summed E-state index contributed by atoms with van der Waals surface area (Å²) in [6, 6.07) is 52.0. The third kappa shape index (κ3) is 4.19. The first kappa shape index (κ1) is 25.4. The Balaban J connectivity index is 1.46. The van der Waals surface area contributed by atoms with Gasteiger partial charge in [0.25, 0.3) is 0 Å². The normalized spacial score (nSPS) is 11.6. The van der Waals surface area contributed by atoms with Crippen LogP contribution in [0.1, 0.15) is 0 Å². The molecule has 45 heavy (non-hydrogen) atoms. The first-order chi connectivity index (χ1) is 22.3. The lowest BCUT2D eigenvalue weighted by Gasteiger charge is -2.15. The summed E-state index contributed by atoms with van der Waals surface area (Å²) in [4.78, 5) is 15.2. The maximum atomic E-state index is 6.65. The number of hydrogen-bond acceptors (Lipinski definition) is 4. The summed E-state index contributed by atoms with van der Waals surface area (Å²) in [6.45, 7) is 0. The molecule has 7 aromatic carbocycles. The predicted molar refractivity (Wildman–Crippen MR) is 184 cm³/mol. The van der Waals surface area contributed by atoms with Crippen molar-refractivity contribution < 1.29 is 4.42 Å². The van der Waals surface area contributed by atoms with Crippen LogP contribution < -0.4 is 0 Å². The summed E-state index contributed by atoms with van der Waals surface area (Å²) in [5, 5.41) is 6.65. The summed E-state index contributed by atoms with van der Waals surface area (Å²) in [5.41, 5.74) is 6.70. The highest BCUT2D eigenvalue weighted by Crippen LogP contribution is 2.46. The summed E-state index contributed by atoms with van der Waals surface area (Å²) in [6.07, 6.45) is 0. The van der Waals surface area contributed by atoms with E-state index in [0.717, 1.165) is 71.3 Å². The van der Waals surface area contributed by atoms with Crippen molar-refractivity contribution in [2.24, 2.45) is 0 Å². The number of nitrogens with zero attached hydrogens (tertiary/aromatic N) is 3. The van der Waals surface area contributed by atoms with Gasteiger partial charge < -0.3 is 4.42 Å². The van der Waals surface area contributed by atoms with Gasteiger partial charge in [0.15, 0.2) is 17.5 Å². The molecule has 0 fully saturated rings. The molecule has 0 unspecified atom stereocenters. The Bertz CT molecular complexity index is 2460. The fourth-order valence-electron chi connectivity index (χ4n) is 6.42. The second-order valence-corrected chi connectivity index (χ2v) is 11.2. The van der Waals surface area contributed by atoms with E-state index in [1.54, 1.807) is 0 Å². The van der Waals surface area contributed by atoms with Gasteiger partial charge in [0.05, 0.1) is 0 Å². The van der Waals surface area contributed by atoms with Crippen molar-refractivity contribution in [1.29, 1.82) is 0 Å². The van der Waals surface area contributed by atoms with Gasteiger partial charge in [0, 0.05) is 38.4 Å². The topological polar surface area (TPSA) is 51.8 Å². The first-order valence-electron chi connectivity index (χ1n) is 15.0. The minimum absolute atomic E-state index is 0.629. The number of para-hydroxylation sites is 1. The Kier molecular flexibility index (Phi) is 5.78. The van der Waals surface area contributed by atoms with Crippen LogP contribution in [0.4, 0.5) is 0 Å².